The molecule has 2 aromatic heterocycles. The van der Waals surface area contributed by atoms with E-state index in [1.807, 2.05) is 42.6 Å². The summed E-state index contributed by atoms with van der Waals surface area (Å²) in [5.74, 6) is 0.683. The molecule has 0 aliphatic rings. The van der Waals surface area contributed by atoms with Crippen LogP contribution in [0.4, 0.5) is 0 Å². The van der Waals surface area contributed by atoms with Crippen LogP contribution in [-0.4, -0.2) is 15.0 Å². The molecule has 0 N–H and O–H groups in total. The molecule has 0 radical (unpaired) electrons. The van der Waals surface area contributed by atoms with Gasteiger partial charge in [0.15, 0.2) is 5.82 Å². The smallest absolute Gasteiger partial charge is 0.160 e. The SMILES string of the molecule is c1ccc(-c2cc(-c3cccc(-c4c5ccccc5c(-c5ccccc5)c5ccccc45)c3)nc(-c3ccc(-c4ccccn4)cc3)n2)cc1. The van der Waals surface area contributed by atoms with Crippen LogP contribution in [0.25, 0.3) is 89.0 Å². The van der Waals surface area contributed by atoms with Crippen LogP contribution in [0.3, 0.4) is 0 Å². The zero-order valence-corrected chi connectivity index (χ0v) is 27.2. The van der Waals surface area contributed by atoms with Crippen molar-refractivity contribution < 1.29 is 0 Å². The van der Waals surface area contributed by atoms with Crippen molar-refractivity contribution in [3.05, 3.63) is 188 Å². The molecule has 234 valence electrons. The number of nitrogens with zero attached hydrogens (tertiary/aromatic N) is 3. The summed E-state index contributed by atoms with van der Waals surface area (Å²) in [6, 6.07) is 63.8. The molecule has 3 heteroatoms. The average Bonchev–Trinajstić information content (AvgIpc) is 3.21. The zero-order valence-electron chi connectivity index (χ0n) is 27.2. The summed E-state index contributed by atoms with van der Waals surface area (Å²) in [7, 11) is 0. The van der Waals surface area contributed by atoms with E-state index >= 15 is 0 Å². The fourth-order valence-corrected chi connectivity index (χ4v) is 6.99. The molecule has 0 atom stereocenters. The maximum Gasteiger partial charge on any atom is 0.160 e. The van der Waals surface area contributed by atoms with Crippen LogP contribution in [-0.2, 0) is 0 Å². The van der Waals surface area contributed by atoms with Gasteiger partial charge in [0.05, 0.1) is 17.1 Å². The second-order valence-electron chi connectivity index (χ2n) is 12.4. The van der Waals surface area contributed by atoms with Gasteiger partial charge in [0.25, 0.3) is 0 Å². The number of hydrogen-bond donors (Lipinski definition) is 0. The summed E-state index contributed by atoms with van der Waals surface area (Å²) >= 11 is 0. The molecular formula is C47H31N3. The van der Waals surface area contributed by atoms with Crippen LogP contribution in [0.2, 0.25) is 0 Å². The maximum atomic E-state index is 5.19. The Morgan fingerprint density at radius 1 is 0.280 bits per heavy atom. The minimum absolute atomic E-state index is 0.683. The second kappa shape index (κ2) is 12.7. The largest absolute Gasteiger partial charge is 0.256 e. The van der Waals surface area contributed by atoms with Crippen molar-refractivity contribution in [2.45, 2.75) is 0 Å². The molecule has 0 bridgehead atoms. The molecule has 7 aromatic carbocycles. The lowest BCUT2D eigenvalue weighted by Crippen LogP contribution is -1.96. The molecule has 0 saturated carbocycles. The van der Waals surface area contributed by atoms with Gasteiger partial charge >= 0.3 is 0 Å². The van der Waals surface area contributed by atoms with Crippen molar-refractivity contribution in [3.63, 3.8) is 0 Å². The minimum Gasteiger partial charge on any atom is -0.256 e. The molecule has 9 aromatic rings. The van der Waals surface area contributed by atoms with Crippen LogP contribution in [0.15, 0.2) is 188 Å². The molecule has 2 heterocycles. The normalized spacial score (nSPS) is 11.2. The first-order valence-corrected chi connectivity index (χ1v) is 16.9. The van der Waals surface area contributed by atoms with E-state index in [1.54, 1.807) is 0 Å². The van der Waals surface area contributed by atoms with Gasteiger partial charge in [0.1, 0.15) is 0 Å². The van der Waals surface area contributed by atoms with E-state index in [0.29, 0.717) is 5.82 Å². The Bertz CT molecular complexity index is 2560. The van der Waals surface area contributed by atoms with Crippen molar-refractivity contribution in [1.29, 1.82) is 0 Å². The molecule has 0 amide bonds. The molecule has 9 rings (SSSR count). The predicted octanol–water partition coefficient (Wildman–Crippen LogP) is 12.2. The lowest BCUT2D eigenvalue weighted by molar-refractivity contribution is 1.18. The quantitative estimate of drug-likeness (QED) is 0.170. The molecule has 50 heavy (non-hydrogen) atoms. The van der Waals surface area contributed by atoms with Gasteiger partial charge in [-0.05, 0) is 68.1 Å². The standard InChI is InChI=1S/C47H31N3/c1-3-14-32(15-4-1)43-31-44(50-47(49-43)35-27-25-33(26-28-35)42-24-11-12-29-48-42)36-18-13-19-37(30-36)46-40-22-9-7-20-38(40)45(34-16-5-2-6-17-34)39-21-8-10-23-41(39)46/h1-31H. The highest BCUT2D eigenvalue weighted by Crippen LogP contribution is 2.44. The lowest BCUT2D eigenvalue weighted by atomic mass is 9.85. The second-order valence-corrected chi connectivity index (χ2v) is 12.4. The highest BCUT2D eigenvalue weighted by atomic mass is 14.9. The zero-order chi connectivity index (χ0) is 33.3. The molecule has 3 nitrogen and oxygen atoms in total. The van der Waals surface area contributed by atoms with Gasteiger partial charge in [0, 0.05) is 28.5 Å². The number of aromatic nitrogens is 3. The van der Waals surface area contributed by atoms with Crippen molar-refractivity contribution in [2.24, 2.45) is 0 Å². The van der Waals surface area contributed by atoms with Crippen LogP contribution in [0.5, 0.6) is 0 Å². The summed E-state index contributed by atoms with van der Waals surface area (Å²) in [4.78, 5) is 14.8. The van der Waals surface area contributed by atoms with Gasteiger partial charge in [-0.25, -0.2) is 9.97 Å². The van der Waals surface area contributed by atoms with Crippen molar-refractivity contribution in [3.8, 4) is 67.4 Å². The van der Waals surface area contributed by atoms with Crippen molar-refractivity contribution >= 4 is 21.5 Å². The number of benzene rings is 7. The molecule has 0 spiro atoms. The van der Waals surface area contributed by atoms with Crippen LogP contribution in [0.1, 0.15) is 0 Å². The Balaban J connectivity index is 1.22. The van der Waals surface area contributed by atoms with E-state index in [2.05, 4.69) is 151 Å². The van der Waals surface area contributed by atoms with E-state index in [1.165, 1.54) is 38.2 Å². The maximum absolute atomic E-state index is 5.19. The molecule has 0 fully saturated rings. The van der Waals surface area contributed by atoms with E-state index in [4.69, 9.17) is 9.97 Å². The minimum atomic E-state index is 0.683. The molecule has 0 unspecified atom stereocenters. The summed E-state index contributed by atoms with van der Waals surface area (Å²) in [6.07, 6.45) is 1.82. The first kappa shape index (κ1) is 29.4. The predicted molar refractivity (Wildman–Crippen MR) is 207 cm³/mol. The topological polar surface area (TPSA) is 38.7 Å². The summed E-state index contributed by atoms with van der Waals surface area (Å²) < 4.78 is 0. The number of pyridine rings is 1. The first-order valence-electron chi connectivity index (χ1n) is 16.9. The molecule has 0 aliphatic carbocycles. The monoisotopic (exact) mass is 637 g/mol. The van der Waals surface area contributed by atoms with Gasteiger partial charge in [-0.2, -0.15) is 0 Å². The number of rotatable bonds is 6. The van der Waals surface area contributed by atoms with Crippen LogP contribution in [0, 0.1) is 0 Å². The lowest BCUT2D eigenvalue weighted by Gasteiger charge is -2.18. The van der Waals surface area contributed by atoms with Crippen LogP contribution < -0.4 is 0 Å². The van der Waals surface area contributed by atoms with Gasteiger partial charge in [-0.1, -0.05) is 158 Å². The first-order chi connectivity index (χ1) is 24.8. The highest BCUT2D eigenvalue weighted by Gasteiger charge is 2.17. The third-order valence-electron chi connectivity index (χ3n) is 9.34. The number of hydrogen-bond acceptors (Lipinski definition) is 3. The Kier molecular flexibility index (Phi) is 7.49. The van der Waals surface area contributed by atoms with Gasteiger partial charge in [0.2, 0.25) is 0 Å². The molecular weight excluding hydrogens is 607 g/mol. The Morgan fingerprint density at radius 3 is 1.34 bits per heavy atom. The van der Waals surface area contributed by atoms with Crippen molar-refractivity contribution in [1.82, 2.24) is 15.0 Å². The van der Waals surface area contributed by atoms with Gasteiger partial charge < -0.3 is 0 Å². The van der Waals surface area contributed by atoms with E-state index in [9.17, 15) is 0 Å². The fourth-order valence-electron chi connectivity index (χ4n) is 6.99. The van der Waals surface area contributed by atoms with Crippen molar-refractivity contribution in [2.75, 3.05) is 0 Å². The Hall–Kier alpha value is -6.71. The van der Waals surface area contributed by atoms with E-state index < -0.39 is 0 Å². The highest BCUT2D eigenvalue weighted by molar-refractivity contribution is 6.21. The third kappa shape index (κ3) is 5.41. The summed E-state index contributed by atoms with van der Waals surface area (Å²) in [5.41, 5.74) is 11.6. The Morgan fingerprint density at radius 2 is 0.740 bits per heavy atom. The summed E-state index contributed by atoms with van der Waals surface area (Å²) in [5, 5.41) is 4.93. The third-order valence-corrected chi connectivity index (χ3v) is 9.34. The number of fused-ring (bicyclic) bond motifs is 2. The van der Waals surface area contributed by atoms with Crippen LogP contribution >= 0.6 is 0 Å². The molecule has 0 aliphatic heterocycles. The van der Waals surface area contributed by atoms with E-state index in [-0.39, 0.29) is 0 Å². The average molecular weight is 638 g/mol. The van der Waals surface area contributed by atoms with Gasteiger partial charge in [-0.3, -0.25) is 4.98 Å². The fraction of sp³-hybridized carbons (Fsp3) is 0. The summed E-state index contributed by atoms with van der Waals surface area (Å²) in [6.45, 7) is 0. The Labute approximate surface area is 291 Å². The van der Waals surface area contributed by atoms with Gasteiger partial charge in [-0.15, -0.1) is 0 Å². The van der Waals surface area contributed by atoms with E-state index in [0.717, 1.165) is 44.9 Å². The molecule has 0 saturated heterocycles.